The van der Waals surface area contributed by atoms with Gasteiger partial charge in [0.05, 0.1) is 25.6 Å². The van der Waals surface area contributed by atoms with Crippen LogP contribution < -0.4 is 20.5 Å². The lowest BCUT2D eigenvalue weighted by molar-refractivity contribution is 0.355. The minimum atomic E-state index is 0.571. The number of nitrogens with two attached hydrogens (primary N) is 1. The Morgan fingerprint density at radius 2 is 1.65 bits per heavy atom. The van der Waals surface area contributed by atoms with Crippen molar-refractivity contribution in [1.29, 1.82) is 0 Å². The molecule has 0 aliphatic heterocycles. The fraction of sp³-hybridized carbons (Fsp3) is 0.200. The highest BCUT2D eigenvalue weighted by molar-refractivity contribution is 6.30. The van der Waals surface area contributed by atoms with E-state index in [2.05, 4.69) is 5.32 Å². The van der Waals surface area contributed by atoms with Crippen molar-refractivity contribution < 1.29 is 9.47 Å². The number of rotatable bonds is 4. The highest BCUT2D eigenvalue weighted by Gasteiger charge is 2.10. The molecule has 20 heavy (non-hydrogen) atoms. The molecular weight excluding hydrogens is 276 g/mol. The first-order valence-electron chi connectivity index (χ1n) is 6.10. The third-order valence-corrected chi connectivity index (χ3v) is 3.26. The molecule has 0 spiro atoms. The maximum Gasteiger partial charge on any atom is 0.162 e. The molecule has 106 valence electrons. The van der Waals surface area contributed by atoms with Gasteiger partial charge in [-0.1, -0.05) is 17.7 Å². The smallest absolute Gasteiger partial charge is 0.162 e. The van der Waals surface area contributed by atoms with Crippen LogP contribution in [0.15, 0.2) is 30.3 Å². The van der Waals surface area contributed by atoms with Gasteiger partial charge < -0.3 is 20.5 Å². The minimum absolute atomic E-state index is 0.571. The van der Waals surface area contributed by atoms with E-state index in [9.17, 15) is 0 Å². The molecule has 4 nitrogen and oxygen atoms in total. The summed E-state index contributed by atoms with van der Waals surface area (Å²) >= 11 is 6.01. The first-order chi connectivity index (χ1) is 9.55. The van der Waals surface area contributed by atoms with Gasteiger partial charge in [-0.05, 0) is 24.6 Å². The molecule has 0 radical (unpaired) electrons. The number of methoxy groups -OCH3 is 2. The summed E-state index contributed by atoms with van der Waals surface area (Å²) in [6, 6.07) is 9.17. The topological polar surface area (TPSA) is 56.5 Å². The molecule has 2 aromatic carbocycles. The largest absolute Gasteiger partial charge is 0.493 e. The van der Waals surface area contributed by atoms with Crippen LogP contribution >= 0.6 is 11.6 Å². The van der Waals surface area contributed by atoms with Gasteiger partial charge in [-0.25, -0.2) is 0 Å². The number of anilines is 3. The molecule has 0 bridgehead atoms. The molecule has 0 aliphatic rings. The molecule has 0 aromatic heterocycles. The highest BCUT2D eigenvalue weighted by Crippen LogP contribution is 2.36. The second-order valence-corrected chi connectivity index (χ2v) is 4.82. The molecule has 0 aliphatic carbocycles. The van der Waals surface area contributed by atoms with Crippen molar-refractivity contribution in [3.63, 3.8) is 0 Å². The van der Waals surface area contributed by atoms with Crippen molar-refractivity contribution in [2.45, 2.75) is 6.92 Å². The Morgan fingerprint density at radius 3 is 2.30 bits per heavy atom. The molecular formula is C15H17ClN2O2. The van der Waals surface area contributed by atoms with Gasteiger partial charge >= 0.3 is 0 Å². The lowest BCUT2D eigenvalue weighted by atomic mass is 10.1. The average molecular weight is 293 g/mol. The number of hydrogen-bond acceptors (Lipinski definition) is 4. The van der Waals surface area contributed by atoms with E-state index in [-0.39, 0.29) is 0 Å². The summed E-state index contributed by atoms with van der Waals surface area (Å²) < 4.78 is 10.5. The van der Waals surface area contributed by atoms with Crippen LogP contribution in [0.2, 0.25) is 5.02 Å². The zero-order valence-electron chi connectivity index (χ0n) is 11.7. The molecule has 0 saturated carbocycles. The van der Waals surface area contributed by atoms with Crippen molar-refractivity contribution in [3.05, 3.63) is 40.9 Å². The maximum absolute atomic E-state index is 6.03. The first-order valence-corrected chi connectivity index (χ1v) is 6.47. The fourth-order valence-electron chi connectivity index (χ4n) is 1.88. The number of ether oxygens (including phenoxy) is 2. The van der Waals surface area contributed by atoms with Crippen molar-refractivity contribution in [3.8, 4) is 11.5 Å². The van der Waals surface area contributed by atoms with E-state index in [0.717, 1.165) is 16.9 Å². The molecule has 0 fully saturated rings. The van der Waals surface area contributed by atoms with Crippen LogP contribution in [0.1, 0.15) is 5.56 Å². The summed E-state index contributed by atoms with van der Waals surface area (Å²) in [4.78, 5) is 0. The van der Waals surface area contributed by atoms with Gasteiger partial charge in [0.2, 0.25) is 0 Å². The first kappa shape index (κ1) is 14.3. The minimum Gasteiger partial charge on any atom is -0.493 e. The van der Waals surface area contributed by atoms with E-state index in [1.165, 1.54) is 0 Å². The number of nitrogens with one attached hydrogen (secondary N) is 1. The predicted molar refractivity (Wildman–Crippen MR) is 83.4 cm³/mol. The van der Waals surface area contributed by atoms with Crippen molar-refractivity contribution >= 4 is 28.7 Å². The Morgan fingerprint density at radius 1 is 1.00 bits per heavy atom. The molecule has 3 N–H and O–H groups in total. The average Bonchev–Trinajstić information content (AvgIpc) is 2.44. The summed E-state index contributed by atoms with van der Waals surface area (Å²) in [7, 11) is 3.16. The Bertz CT molecular complexity index is 630. The van der Waals surface area contributed by atoms with Gasteiger partial charge in [-0.15, -0.1) is 0 Å². The van der Waals surface area contributed by atoms with Crippen LogP contribution in [0.3, 0.4) is 0 Å². The number of nitrogen functional groups attached to an aromatic ring is 1. The molecule has 0 amide bonds. The van der Waals surface area contributed by atoms with Crippen molar-refractivity contribution in [2.24, 2.45) is 0 Å². The van der Waals surface area contributed by atoms with Crippen LogP contribution in [-0.4, -0.2) is 14.2 Å². The van der Waals surface area contributed by atoms with E-state index in [1.54, 1.807) is 26.4 Å². The zero-order chi connectivity index (χ0) is 14.7. The summed E-state index contributed by atoms with van der Waals surface area (Å²) in [5, 5.41) is 3.93. The Kier molecular flexibility index (Phi) is 4.25. The number of benzene rings is 2. The van der Waals surface area contributed by atoms with Gasteiger partial charge in [-0.2, -0.15) is 0 Å². The number of halogens is 1. The van der Waals surface area contributed by atoms with E-state index >= 15 is 0 Å². The third-order valence-electron chi connectivity index (χ3n) is 3.02. The third kappa shape index (κ3) is 2.91. The van der Waals surface area contributed by atoms with Crippen LogP contribution in [-0.2, 0) is 0 Å². The van der Waals surface area contributed by atoms with Gasteiger partial charge in [-0.3, -0.25) is 0 Å². The maximum atomic E-state index is 6.03. The fourth-order valence-corrected chi connectivity index (χ4v) is 2.05. The molecule has 0 unspecified atom stereocenters. The summed E-state index contributed by atoms with van der Waals surface area (Å²) in [5.41, 5.74) is 9.31. The zero-order valence-corrected chi connectivity index (χ0v) is 12.4. The molecule has 2 rings (SSSR count). The lowest BCUT2D eigenvalue weighted by Crippen LogP contribution is -2.00. The van der Waals surface area contributed by atoms with E-state index in [1.807, 2.05) is 25.1 Å². The number of hydrogen-bond donors (Lipinski definition) is 2. The van der Waals surface area contributed by atoms with Crippen LogP contribution in [0.5, 0.6) is 11.5 Å². The lowest BCUT2D eigenvalue weighted by Gasteiger charge is -2.15. The van der Waals surface area contributed by atoms with Crippen LogP contribution in [0.25, 0.3) is 0 Å². The van der Waals surface area contributed by atoms with E-state index in [0.29, 0.717) is 22.2 Å². The van der Waals surface area contributed by atoms with Gasteiger partial charge in [0.15, 0.2) is 11.5 Å². The molecule has 0 atom stereocenters. The predicted octanol–water partition coefficient (Wildman–Crippen LogP) is 3.99. The van der Waals surface area contributed by atoms with Crippen LogP contribution in [0, 0.1) is 6.92 Å². The second kappa shape index (κ2) is 5.92. The molecule has 0 heterocycles. The van der Waals surface area contributed by atoms with Crippen molar-refractivity contribution in [1.82, 2.24) is 0 Å². The van der Waals surface area contributed by atoms with Gasteiger partial charge in [0.1, 0.15) is 0 Å². The summed E-state index contributed by atoms with van der Waals surface area (Å²) in [5.74, 6) is 1.21. The van der Waals surface area contributed by atoms with Gasteiger partial charge in [0, 0.05) is 22.8 Å². The second-order valence-electron chi connectivity index (χ2n) is 4.38. The number of aryl methyl sites for hydroxylation is 1. The van der Waals surface area contributed by atoms with Gasteiger partial charge in [0.25, 0.3) is 0 Å². The quantitative estimate of drug-likeness (QED) is 0.837. The van der Waals surface area contributed by atoms with Crippen molar-refractivity contribution in [2.75, 3.05) is 25.3 Å². The molecule has 5 heteroatoms. The summed E-state index contributed by atoms with van der Waals surface area (Å²) in [6.07, 6.45) is 0. The molecule has 0 saturated heterocycles. The highest BCUT2D eigenvalue weighted by atomic mass is 35.5. The van der Waals surface area contributed by atoms with E-state index < -0.39 is 0 Å². The molecule has 2 aromatic rings. The SMILES string of the molecule is COc1cc(N)c(Nc2cc(Cl)ccc2C)cc1OC. The summed E-state index contributed by atoms with van der Waals surface area (Å²) in [6.45, 7) is 2.00. The normalized spacial score (nSPS) is 10.2. The van der Waals surface area contributed by atoms with Crippen LogP contribution in [0.4, 0.5) is 17.1 Å². The standard InChI is InChI=1S/C15H17ClN2O2/c1-9-4-5-10(16)6-12(9)18-13-8-15(20-3)14(19-2)7-11(13)17/h4-8,18H,17H2,1-3H3. The Balaban J connectivity index is 2.40. The Hall–Kier alpha value is -2.07. The van der Waals surface area contributed by atoms with E-state index in [4.69, 9.17) is 26.8 Å². The monoisotopic (exact) mass is 292 g/mol. The Labute approximate surface area is 123 Å².